The van der Waals surface area contributed by atoms with Gasteiger partial charge in [0.25, 0.3) is 0 Å². The largest absolute Gasteiger partial charge is 0.507 e. The van der Waals surface area contributed by atoms with Gasteiger partial charge in [0.15, 0.2) is 17.1 Å². The highest BCUT2D eigenvalue weighted by Crippen LogP contribution is 2.41. The van der Waals surface area contributed by atoms with Crippen LogP contribution in [0.15, 0.2) is 69.9 Å². The molecule has 4 aromatic rings. The number of quaternary nitrogens is 1. The van der Waals surface area contributed by atoms with Gasteiger partial charge in [-0.1, -0.05) is 36.4 Å². The lowest BCUT2D eigenvalue weighted by Gasteiger charge is -2.20. The van der Waals surface area contributed by atoms with Crippen LogP contribution < -0.4 is 19.8 Å². The summed E-state index contributed by atoms with van der Waals surface area (Å²) >= 11 is 0. The van der Waals surface area contributed by atoms with E-state index in [-0.39, 0.29) is 40.1 Å². The van der Waals surface area contributed by atoms with Crippen LogP contribution in [0.1, 0.15) is 23.8 Å². The van der Waals surface area contributed by atoms with Crippen LogP contribution in [-0.2, 0) is 19.3 Å². The summed E-state index contributed by atoms with van der Waals surface area (Å²) in [5.41, 5.74) is -0.621. The van der Waals surface area contributed by atoms with Gasteiger partial charge in [0, 0.05) is 5.56 Å². The maximum Gasteiger partial charge on any atom is 0.450 e. The van der Waals surface area contributed by atoms with Crippen molar-refractivity contribution in [3.05, 3.63) is 87.8 Å². The molecule has 0 saturated carbocycles. The third-order valence-corrected chi connectivity index (χ3v) is 6.29. The van der Waals surface area contributed by atoms with Gasteiger partial charge in [0.2, 0.25) is 11.2 Å². The van der Waals surface area contributed by atoms with Crippen molar-refractivity contribution in [2.45, 2.75) is 26.2 Å². The van der Waals surface area contributed by atoms with Gasteiger partial charge in [-0.05, 0) is 36.8 Å². The lowest BCUT2D eigenvalue weighted by atomic mass is 9.99. The first-order valence-corrected chi connectivity index (χ1v) is 11.7. The second kappa shape index (κ2) is 10.6. The Labute approximate surface area is 211 Å². The van der Waals surface area contributed by atoms with Crippen molar-refractivity contribution in [3.8, 4) is 28.4 Å². The predicted octanol–water partition coefficient (Wildman–Crippen LogP) is 4.81. The molecule has 1 aromatic heterocycles. The average Bonchev–Trinajstić information content (AvgIpc) is 2.89. The number of ether oxygens (including phenoxy) is 2. The summed E-state index contributed by atoms with van der Waals surface area (Å²) in [4.78, 5) is 14.5. The van der Waals surface area contributed by atoms with Crippen LogP contribution in [0, 0.1) is 0 Å². The Kier molecular flexibility index (Phi) is 7.45. The summed E-state index contributed by atoms with van der Waals surface area (Å²) in [5, 5.41) is 10.6. The van der Waals surface area contributed by atoms with E-state index in [2.05, 4.69) is 0 Å². The fourth-order valence-corrected chi connectivity index (χ4v) is 4.38. The van der Waals surface area contributed by atoms with Crippen LogP contribution in [0.25, 0.3) is 22.1 Å². The third-order valence-electron chi connectivity index (χ3n) is 6.29. The third kappa shape index (κ3) is 5.27. The van der Waals surface area contributed by atoms with Crippen molar-refractivity contribution in [3.63, 3.8) is 0 Å². The molecule has 0 aliphatic heterocycles. The number of rotatable bonds is 8. The minimum absolute atomic E-state index is 0.0277. The number of benzene rings is 3. The van der Waals surface area contributed by atoms with Crippen LogP contribution in [-0.4, -0.2) is 25.9 Å². The molecule has 0 amide bonds. The Morgan fingerprint density at radius 2 is 1.65 bits per heavy atom. The minimum atomic E-state index is -4.97. The van der Waals surface area contributed by atoms with Crippen LogP contribution >= 0.6 is 0 Å². The number of halogens is 3. The van der Waals surface area contributed by atoms with Crippen molar-refractivity contribution in [2.24, 2.45) is 0 Å². The highest BCUT2D eigenvalue weighted by molar-refractivity contribution is 5.87. The fraction of sp³-hybridized carbons (Fsp3) is 0.250. The normalized spacial score (nSPS) is 12.5. The Bertz CT molecular complexity index is 1470. The van der Waals surface area contributed by atoms with E-state index in [9.17, 15) is 23.1 Å². The predicted molar refractivity (Wildman–Crippen MR) is 133 cm³/mol. The van der Waals surface area contributed by atoms with Crippen molar-refractivity contribution >= 4 is 11.0 Å². The Balaban J connectivity index is 1.90. The molecule has 0 saturated heterocycles. The molecule has 0 aliphatic rings. The molecule has 9 heteroatoms. The van der Waals surface area contributed by atoms with Crippen molar-refractivity contribution in [2.75, 3.05) is 20.8 Å². The molecule has 0 spiro atoms. The van der Waals surface area contributed by atoms with E-state index in [0.29, 0.717) is 18.8 Å². The number of phenols is 1. The SMILES string of the molecule is CC[NH+](Cc1ccccc1)Cc1c(O)ccc2c(=O)c(-c3ccc(OC)c(OC)c3)c(C(F)(F)F)oc12. The molecule has 194 valence electrons. The topological polar surface area (TPSA) is 73.3 Å². The highest BCUT2D eigenvalue weighted by atomic mass is 19.4. The highest BCUT2D eigenvalue weighted by Gasteiger charge is 2.40. The number of hydrogen-bond donors (Lipinski definition) is 2. The second-order valence-electron chi connectivity index (χ2n) is 8.59. The van der Waals surface area contributed by atoms with E-state index in [1.54, 1.807) is 0 Å². The minimum Gasteiger partial charge on any atom is -0.507 e. The lowest BCUT2D eigenvalue weighted by molar-refractivity contribution is -0.925. The van der Waals surface area contributed by atoms with E-state index in [4.69, 9.17) is 13.9 Å². The first-order valence-electron chi connectivity index (χ1n) is 11.7. The molecule has 1 heterocycles. The molecular weight excluding hydrogens is 487 g/mol. The van der Waals surface area contributed by atoms with Crippen LogP contribution in [0.5, 0.6) is 17.2 Å². The standard InChI is InChI=1S/C28H26F3NO5/c1-4-32(15-17-8-6-5-7-9-17)16-20-21(33)12-11-19-25(34)24(27(28(29,30)31)37-26(19)20)18-10-13-22(35-2)23(14-18)36-3/h5-14,33H,4,15-16H2,1-3H3/p+1. The molecule has 6 nitrogen and oxygen atoms in total. The van der Waals surface area contributed by atoms with E-state index < -0.39 is 22.9 Å². The van der Waals surface area contributed by atoms with Crippen LogP contribution in [0.4, 0.5) is 13.2 Å². The molecule has 3 aromatic carbocycles. The number of aromatic hydroxyl groups is 1. The van der Waals surface area contributed by atoms with E-state index in [1.165, 1.54) is 44.6 Å². The zero-order valence-corrected chi connectivity index (χ0v) is 20.6. The number of nitrogens with one attached hydrogen (secondary N) is 1. The van der Waals surface area contributed by atoms with Gasteiger partial charge in [0.1, 0.15) is 18.8 Å². The molecule has 0 bridgehead atoms. The smallest absolute Gasteiger partial charge is 0.450 e. The van der Waals surface area contributed by atoms with E-state index in [0.717, 1.165) is 10.5 Å². The molecule has 4 rings (SSSR count). The number of phenolic OH excluding ortho intramolecular Hbond substituents is 1. The van der Waals surface area contributed by atoms with Gasteiger partial charge in [-0.25, -0.2) is 0 Å². The van der Waals surface area contributed by atoms with Crippen molar-refractivity contribution < 1.29 is 37.1 Å². The maximum absolute atomic E-state index is 14.3. The summed E-state index contributed by atoms with van der Waals surface area (Å²) in [7, 11) is 2.75. The summed E-state index contributed by atoms with van der Waals surface area (Å²) in [6, 6.07) is 16.3. The first-order chi connectivity index (χ1) is 17.7. The summed E-state index contributed by atoms with van der Waals surface area (Å²) < 4.78 is 58.6. The van der Waals surface area contributed by atoms with Crippen LogP contribution in [0.2, 0.25) is 0 Å². The van der Waals surface area contributed by atoms with Crippen molar-refractivity contribution in [1.82, 2.24) is 0 Å². The molecule has 0 aliphatic carbocycles. The Morgan fingerprint density at radius 1 is 0.946 bits per heavy atom. The van der Waals surface area contributed by atoms with Crippen molar-refractivity contribution in [1.29, 1.82) is 0 Å². The van der Waals surface area contributed by atoms with Crippen LogP contribution in [0.3, 0.4) is 0 Å². The summed E-state index contributed by atoms with van der Waals surface area (Å²) in [6.45, 7) is 3.30. The molecule has 2 N–H and O–H groups in total. The molecule has 0 radical (unpaired) electrons. The monoisotopic (exact) mass is 514 g/mol. The molecule has 1 atom stereocenters. The number of methoxy groups -OCH3 is 2. The second-order valence-corrected chi connectivity index (χ2v) is 8.59. The van der Waals surface area contributed by atoms with E-state index >= 15 is 0 Å². The maximum atomic E-state index is 14.3. The molecule has 37 heavy (non-hydrogen) atoms. The van der Waals surface area contributed by atoms with Gasteiger partial charge >= 0.3 is 6.18 Å². The quantitative estimate of drug-likeness (QED) is 0.353. The summed E-state index contributed by atoms with van der Waals surface area (Å²) in [6.07, 6.45) is -4.97. The number of alkyl halides is 3. The fourth-order valence-electron chi connectivity index (χ4n) is 4.38. The molecular formula is C28H27F3NO5+. The van der Waals surface area contributed by atoms with Gasteiger partial charge in [0.05, 0.1) is 37.3 Å². The Morgan fingerprint density at radius 3 is 2.27 bits per heavy atom. The van der Waals surface area contributed by atoms with Gasteiger partial charge in [-0.3, -0.25) is 4.79 Å². The van der Waals surface area contributed by atoms with Gasteiger partial charge < -0.3 is 23.9 Å². The lowest BCUT2D eigenvalue weighted by Crippen LogP contribution is -3.09. The van der Waals surface area contributed by atoms with Gasteiger partial charge in [-0.2, -0.15) is 13.2 Å². The average molecular weight is 515 g/mol. The van der Waals surface area contributed by atoms with Gasteiger partial charge in [-0.15, -0.1) is 0 Å². The number of hydrogen-bond acceptors (Lipinski definition) is 5. The summed E-state index contributed by atoms with van der Waals surface area (Å²) in [5.74, 6) is -1.20. The zero-order valence-electron chi connectivity index (χ0n) is 20.6. The number of fused-ring (bicyclic) bond motifs is 1. The molecule has 0 fully saturated rings. The first kappa shape index (κ1) is 26.1. The molecule has 1 unspecified atom stereocenters. The Hall–Kier alpha value is -3.98. The van der Waals surface area contributed by atoms with E-state index in [1.807, 2.05) is 37.3 Å². The zero-order chi connectivity index (χ0) is 26.7.